The molecule has 1 aliphatic heterocycles. The van der Waals surface area contributed by atoms with Crippen LogP contribution >= 0.6 is 11.3 Å². The van der Waals surface area contributed by atoms with Gasteiger partial charge in [-0.15, -0.1) is 11.3 Å². The van der Waals surface area contributed by atoms with Crippen molar-refractivity contribution in [2.75, 3.05) is 0 Å². The van der Waals surface area contributed by atoms with Crippen molar-refractivity contribution in [3.63, 3.8) is 0 Å². The first-order chi connectivity index (χ1) is 9.44. The van der Waals surface area contributed by atoms with Gasteiger partial charge in [0.2, 0.25) is 0 Å². The molecule has 3 nitrogen and oxygen atoms in total. The molecule has 1 unspecified atom stereocenters. The van der Waals surface area contributed by atoms with E-state index in [0.29, 0.717) is 6.42 Å². The number of fused-ring (bicyclic) bond motifs is 1. The molecular weight excluding hydrogens is 270 g/mol. The van der Waals surface area contributed by atoms with E-state index in [1.807, 2.05) is 24.4 Å². The Kier molecular flexibility index (Phi) is 3.30. The highest BCUT2D eigenvalue weighted by Crippen LogP contribution is 2.40. The van der Waals surface area contributed by atoms with Gasteiger partial charge in [0.25, 0.3) is 0 Å². The summed E-state index contributed by atoms with van der Waals surface area (Å²) >= 11 is 1.59. The third-order valence-electron chi connectivity index (χ3n) is 3.52. The molecule has 0 aliphatic carbocycles. The Morgan fingerprint density at radius 1 is 1.45 bits per heavy atom. The van der Waals surface area contributed by atoms with Gasteiger partial charge >= 0.3 is 0 Å². The Morgan fingerprint density at radius 2 is 2.25 bits per heavy atom. The van der Waals surface area contributed by atoms with Crippen molar-refractivity contribution in [1.82, 2.24) is 4.98 Å². The van der Waals surface area contributed by atoms with Gasteiger partial charge in [0.1, 0.15) is 11.4 Å². The van der Waals surface area contributed by atoms with Gasteiger partial charge in [-0.05, 0) is 26.3 Å². The fourth-order valence-electron chi connectivity index (χ4n) is 2.67. The van der Waals surface area contributed by atoms with Gasteiger partial charge in [-0.3, -0.25) is 0 Å². The Morgan fingerprint density at radius 3 is 2.95 bits per heavy atom. The lowest BCUT2D eigenvalue weighted by Crippen LogP contribution is -2.25. The zero-order valence-electron chi connectivity index (χ0n) is 12.0. The molecule has 3 rings (SSSR count). The van der Waals surface area contributed by atoms with Gasteiger partial charge in [-0.1, -0.05) is 18.2 Å². The highest BCUT2D eigenvalue weighted by molar-refractivity contribution is 7.09. The lowest BCUT2D eigenvalue weighted by Gasteiger charge is -2.19. The van der Waals surface area contributed by atoms with Crippen molar-refractivity contribution in [2.24, 2.45) is 0 Å². The van der Waals surface area contributed by atoms with Crippen LogP contribution in [0.3, 0.4) is 0 Å². The molecular formula is C16H19NO2S. The summed E-state index contributed by atoms with van der Waals surface area (Å²) in [6, 6.07) is 6.02. The lowest BCUT2D eigenvalue weighted by atomic mass is 9.98. The molecule has 2 aromatic rings. The summed E-state index contributed by atoms with van der Waals surface area (Å²) in [7, 11) is 0. The molecule has 1 aliphatic rings. The van der Waals surface area contributed by atoms with Gasteiger partial charge < -0.3 is 9.84 Å². The second-order valence-corrected chi connectivity index (χ2v) is 6.92. The van der Waals surface area contributed by atoms with Crippen LogP contribution in [0.15, 0.2) is 23.6 Å². The first-order valence-corrected chi connectivity index (χ1v) is 7.72. The van der Waals surface area contributed by atoms with Crippen LogP contribution in [0.4, 0.5) is 0 Å². The van der Waals surface area contributed by atoms with Crippen LogP contribution in [0.5, 0.6) is 5.75 Å². The quantitative estimate of drug-likeness (QED) is 0.941. The van der Waals surface area contributed by atoms with E-state index in [9.17, 15) is 5.11 Å². The summed E-state index contributed by atoms with van der Waals surface area (Å²) in [5.41, 5.74) is 2.88. The molecule has 0 radical (unpaired) electrons. The summed E-state index contributed by atoms with van der Waals surface area (Å²) in [5, 5.41) is 13.5. The maximum absolute atomic E-state index is 10.5. The van der Waals surface area contributed by atoms with Gasteiger partial charge in [-0.25, -0.2) is 4.98 Å². The van der Waals surface area contributed by atoms with Crippen LogP contribution in [0, 0.1) is 6.92 Å². The van der Waals surface area contributed by atoms with Crippen molar-refractivity contribution in [3.8, 4) is 5.75 Å². The first kappa shape index (κ1) is 13.6. The van der Waals surface area contributed by atoms with Crippen LogP contribution in [0.2, 0.25) is 0 Å². The largest absolute Gasteiger partial charge is 0.487 e. The molecule has 1 aromatic carbocycles. The number of aliphatic hydroxyl groups is 1. The normalized spacial score (nSPS) is 17.6. The molecule has 0 amide bonds. The molecule has 0 saturated heterocycles. The van der Waals surface area contributed by atoms with Crippen molar-refractivity contribution in [2.45, 2.75) is 45.3 Å². The minimum absolute atomic E-state index is 0.185. The van der Waals surface area contributed by atoms with E-state index in [0.717, 1.165) is 28.4 Å². The summed E-state index contributed by atoms with van der Waals surface area (Å²) in [4.78, 5) is 4.42. The van der Waals surface area contributed by atoms with Gasteiger partial charge in [0.05, 0.1) is 11.1 Å². The van der Waals surface area contributed by atoms with Crippen LogP contribution in [-0.4, -0.2) is 15.7 Å². The van der Waals surface area contributed by atoms with Gasteiger partial charge in [0.15, 0.2) is 0 Å². The van der Waals surface area contributed by atoms with E-state index in [2.05, 4.69) is 24.9 Å². The molecule has 4 heteroatoms. The maximum Gasteiger partial charge on any atom is 0.129 e. The van der Waals surface area contributed by atoms with Gasteiger partial charge in [0, 0.05) is 29.5 Å². The molecule has 0 saturated carbocycles. The van der Waals surface area contributed by atoms with Crippen molar-refractivity contribution in [3.05, 3.63) is 45.4 Å². The number of aryl methyl sites for hydroxylation is 1. The fraction of sp³-hybridized carbons (Fsp3) is 0.438. The third kappa shape index (κ3) is 2.58. The van der Waals surface area contributed by atoms with Crippen LogP contribution < -0.4 is 4.74 Å². The van der Waals surface area contributed by atoms with Crippen LogP contribution in [0.1, 0.15) is 41.8 Å². The van der Waals surface area contributed by atoms with Crippen LogP contribution in [-0.2, 0) is 12.8 Å². The minimum Gasteiger partial charge on any atom is -0.487 e. The third-order valence-corrected chi connectivity index (χ3v) is 4.50. The Balaban J connectivity index is 1.86. The molecule has 20 heavy (non-hydrogen) atoms. The number of thiazole rings is 1. The van der Waals surface area contributed by atoms with E-state index in [1.54, 1.807) is 11.3 Å². The van der Waals surface area contributed by atoms with E-state index in [-0.39, 0.29) is 5.60 Å². The summed E-state index contributed by atoms with van der Waals surface area (Å²) < 4.78 is 6.01. The zero-order chi connectivity index (χ0) is 14.3. The standard InChI is InChI=1S/C16H19NO2S/c1-10-9-20-14(17-10)7-13(18)12-6-4-5-11-8-16(2,3)19-15(11)12/h4-6,9,13,18H,7-8H2,1-3H3. The first-order valence-electron chi connectivity index (χ1n) is 6.84. The number of aliphatic hydroxyl groups excluding tert-OH is 1. The molecule has 0 bridgehead atoms. The number of rotatable bonds is 3. The highest BCUT2D eigenvalue weighted by Gasteiger charge is 2.33. The van der Waals surface area contributed by atoms with Crippen LogP contribution in [0.25, 0.3) is 0 Å². The van der Waals surface area contributed by atoms with Crippen molar-refractivity contribution < 1.29 is 9.84 Å². The molecule has 0 fully saturated rings. The second-order valence-electron chi connectivity index (χ2n) is 5.98. The zero-order valence-corrected chi connectivity index (χ0v) is 12.8. The van der Waals surface area contributed by atoms with E-state index >= 15 is 0 Å². The average molecular weight is 289 g/mol. The lowest BCUT2D eigenvalue weighted by molar-refractivity contribution is 0.126. The smallest absolute Gasteiger partial charge is 0.129 e. The number of benzene rings is 1. The van der Waals surface area contributed by atoms with E-state index in [4.69, 9.17) is 4.74 Å². The number of para-hydroxylation sites is 1. The molecule has 2 heterocycles. The fourth-order valence-corrected chi connectivity index (χ4v) is 3.48. The molecule has 1 atom stereocenters. The summed E-state index contributed by atoms with van der Waals surface area (Å²) in [6.07, 6.45) is 0.863. The summed E-state index contributed by atoms with van der Waals surface area (Å²) in [6.45, 7) is 6.12. The Hall–Kier alpha value is -1.39. The maximum atomic E-state index is 10.5. The number of hydrogen-bond donors (Lipinski definition) is 1. The topological polar surface area (TPSA) is 42.4 Å². The minimum atomic E-state index is -0.565. The molecule has 106 valence electrons. The van der Waals surface area contributed by atoms with Gasteiger partial charge in [-0.2, -0.15) is 0 Å². The van der Waals surface area contributed by atoms with Crippen molar-refractivity contribution >= 4 is 11.3 Å². The highest BCUT2D eigenvalue weighted by atomic mass is 32.1. The van der Waals surface area contributed by atoms with E-state index < -0.39 is 6.10 Å². The molecule has 1 aromatic heterocycles. The second kappa shape index (κ2) is 4.86. The summed E-state index contributed by atoms with van der Waals surface area (Å²) in [5.74, 6) is 0.860. The SMILES string of the molecule is Cc1csc(CC(O)c2cccc3c2OC(C)(C)C3)n1. The average Bonchev–Trinajstić information content (AvgIpc) is 2.89. The number of nitrogens with zero attached hydrogens (tertiary/aromatic N) is 1. The van der Waals surface area contributed by atoms with Crippen molar-refractivity contribution in [1.29, 1.82) is 0 Å². The van der Waals surface area contributed by atoms with E-state index in [1.165, 1.54) is 5.56 Å². The Bertz CT molecular complexity index is 633. The Labute approximate surface area is 123 Å². The number of ether oxygens (including phenoxy) is 1. The predicted octanol–water partition coefficient (Wildman–Crippen LogP) is 3.44. The number of hydrogen-bond acceptors (Lipinski definition) is 4. The number of aromatic nitrogens is 1. The molecule has 1 N–H and O–H groups in total. The monoisotopic (exact) mass is 289 g/mol. The predicted molar refractivity (Wildman–Crippen MR) is 80.4 cm³/mol. The molecule has 0 spiro atoms.